The molecule has 0 aromatic carbocycles. The minimum atomic E-state index is -0.588. The number of hydrogen-bond acceptors (Lipinski definition) is 8. The van der Waals surface area contributed by atoms with Gasteiger partial charge in [0, 0.05) is 12.7 Å². The molecule has 0 spiro atoms. The lowest BCUT2D eigenvalue weighted by Gasteiger charge is -2.09. The molecular weight excluding hydrogens is 392 g/mol. The molecular formula is C21H34N2O7. The van der Waals surface area contributed by atoms with Gasteiger partial charge in [0.25, 0.3) is 0 Å². The zero-order valence-electron chi connectivity index (χ0n) is 17.9. The summed E-state index contributed by atoms with van der Waals surface area (Å²) in [6.45, 7) is 5.18. The van der Waals surface area contributed by atoms with Crippen LogP contribution < -0.4 is 0 Å². The molecule has 1 aliphatic rings. The van der Waals surface area contributed by atoms with E-state index in [1.54, 1.807) is 10.8 Å². The highest BCUT2D eigenvalue weighted by molar-refractivity contribution is 5.91. The molecule has 9 heteroatoms. The zero-order valence-corrected chi connectivity index (χ0v) is 17.9. The fraction of sp³-hybridized carbons (Fsp3) is 0.762. The van der Waals surface area contributed by atoms with Crippen molar-refractivity contribution in [3.8, 4) is 0 Å². The Kier molecular flexibility index (Phi) is 12.1. The standard InChI is InChI=1S/C21H34N2O7/c1-2-3-4-5-6-7-8-23-17-18-20(24)29-15-13-27-11-9-26-10-12-28-14-16-30-21(25)19(23)22-18/h17H,2-16H2,1H3. The Labute approximate surface area is 178 Å². The van der Waals surface area contributed by atoms with Crippen molar-refractivity contribution in [3.63, 3.8) is 0 Å². The highest BCUT2D eigenvalue weighted by Gasteiger charge is 2.21. The Bertz CT molecular complexity index is 633. The summed E-state index contributed by atoms with van der Waals surface area (Å²) in [5.74, 6) is -1.06. The first-order valence-corrected chi connectivity index (χ1v) is 10.9. The number of aryl methyl sites for hydroxylation is 1. The van der Waals surface area contributed by atoms with E-state index in [2.05, 4.69) is 11.9 Å². The molecule has 0 aliphatic carbocycles. The second-order valence-corrected chi connectivity index (χ2v) is 7.02. The molecule has 170 valence electrons. The van der Waals surface area contributed by atoms with Gasteiger partial charge in [0.15, 0.2) is 5.69 Å². The number of imidazole rings is 1. The lowest BCUT2D eigenvalue weighted by atomic mass is 10.1. The Morgan fingerprint density at radius 2 is 1.30 bits per heavy atom. The van der Waals surface area contributed by atoms with Crippen LogP contribution in [0.15, 0.2) is 6.20 Å². The van der Waals surface area contributed by atoms with E-state index in [1.807, 2.05) is 0 Å². The maximum atomic E-state index is 12.5. The van der Waals surface area contributed by atoms with E-state index in [0.717, 1.165) is 19.3 Å². The summed E-state index contributed by atoms with van der Waals surface area (Å²) < 4.78 is 28.2. The lowest BCUT2D eigenvalue weighted by molar-refractivity contribution is -0.00740. The molecule has 0 radical (unpaired) electrons. The van der Waals surface area contributed by atoms with Gasteiger partial charge in [0.05, 0.1) is 39.6 Å². The van der Waals surface area contributed by atoms with Crippen LogP contribution in [0.1, 0.15) is 66.6 Å². The predicted octanol–water partition coefficient (Wildman–Crippen LogP) is 2.62. The number of cyclic esters (lactones) is 2. The zero-order chi connectivity index (χ0) is 21.4. The maximum Gasteiger partial charge on any atom is 0.374 e. The van der Waals surface area contributed by atoms with Gasteiger partial charge in [-0.2, -0.15) is 0 Å². The van der Waals surface area contributed by atoms with Crippen LogP contribution in [0.4, 0.5) is 0 Å². The number of carbonyl (C=O) groups is 2. The van der Waals surface area contributed by atoms with Gasteiger partial charge in [-0.15, -0.1) is 0 Å². The van der Waals surface area contributed by atoms with Crippen molar-refractivity contribution in [1.82, 2.24) is 9.55 Å². The molecule has 0 amide bonds. The lowest BCUT2D eigenvalue weighted by Crippen LogP contribution is -2.18. The van der Waals surface area contributed by atoms with Gasteiger partial charge in [0.1, 0.15) is 13.2 Å². The van der Waals surface area contributed by atoms with Crippen LogP contribution >= 0.6 is 0 Å². The number of esters is 2. The first-order chi connectivity index (χ1) is 14.7. The molecule has 0 N–H and O–H groups in total. The molecule has 1 aromatic heterocycles. The number of carbonyl (C=O) groups excluding carboxylic acids is 2. The number of rotatable bonds is 7. The summed E-state index contributed by atoms with van der Waals surface area (Å²) in [4.78, 5) is 28.9. The van der Waals surface area contributed by atoms with Crippen molar-refractivity contribution in [2.24, 2.45) is 0 Å². The topological polar surface area (TPSA) is 98.1 Å². The highest BCUT2D eigenvalue weighted by Crippen LogP contribution is 2.11. The first-order valence-electron chi connectivity index (χ1n) is 10.9. The van der Waals surface area contributed by atoms with Gasteiger partial charge in [0.2, 0.25) is 5.82 Å². The third kappa shape index (κ3) is 9.23. The molecule has 1 aromatic rings. The van der Waals surface area contributed by atoms with Gasteiger partial charge in [-0.3, -0.25) is 0 Å². The minimum Gasteiger partial charge on any atom is -0.458 e. The summed E-state index contributed by atoms with van der Waals surface area (Å²) in [5.41, 5.74) is 0.0913. The van der Waals surface area contributed by atoms with Gasteiger partial charge in [-0.1, -0.05) is 39.0 Å². The Morgan fingerprint density at radius 3 is 1.93 bits per heavy atom. The third-order valence-corrected chi connectivity index (χ3v) is 4.59. The van der Waals surface area contributed by atoms with Crippen LogP contribution in [0.5, 0.6) is 0 Å². The number of nitrogens with zero attached hydrogens (tertiary/aromatic N) is 2. The summed E-state index contributed by atoms with van der Waals surface area (Å²) >= 11 is 0. The van der Waals surface area contributed by atoms with E-state index < -0.39 is 11.9 Å². The van der Waals surface area contributed by atoms with E-state index in [9.17, 15) is 9.59 Å². The Balaban J connectivity index is 1.98. The fourth-order valence-electron chi connectivity index (χ4n) is 2.98. The van der Waals surface area contributed by atoms with Crippen molar-refractivity contribution in [1.29, 1.82) is 0 Å². The molecule has 2 heterocycles. The second-order valence-electron chi connectivity index (χ2n) is 7.02. The van der Waals surface area contributed by atoms with E-state index in [-0.39, 0.29) is 37.9 Å². The van der Waals surface area contributed by atoms with Gasteiger partial charge >= 0.3 is 11.9 Å². The minimum absolute atomic E-state index is 0.0913. The molecule has 0 fully saturated rings. The van der Waals surface area contributed by atoms with Crippen LogP contribution in [0.2, 0.25) is 0 Å². The van der Waals surface area contributed by atoms with Gasteiger partial charge in [-0.05, 0) is 6.42 Å². The summed E-state index contributed by atoms with van der Waals surface area (Å²) in [7, 11) is 0. The van der Waals surface area contributed by atoms with E-state index >= 15 is 0 Å². The molecule has 2 bridgehead atoms. The predicted molar refractivity (Wildman–Crippen MR) is 109 cm³/mol. The first kappa shape index (κ1) is 24.3. The normalized spacial score (nSPS) is 17.6. The van der Waals surface area contributed by atoms with E-state index in [1.165, 1.54) is 19.3 Å². The van der Waals surface area contributed by atoms with Crippen molar-refractivity contribution >= 4 is 11.9 Å². The van der Waals surface area contributed by atoms with Gasteiger partial charge in [-0.25, -0.2) is 14.6 Å². The maximum absolute atomic E-state index is 12.5. The van der Waals surface area contributed by atoms with Crippen LogP contribution in [0.25, 0.3) is 0 Å². The quantitative estimate of drug-likeness (QED) is 0.485. The molecule has 1 aliphatic heterocycles. The second kappa shape index (κ2) is 14.9. The van der Waals surface area contributed by atoms with Crippen molar-refractivity contribution < 1.29 is 33.3 Å². The van der Waals surface area contributed by atoms with Crippen LogP contribution in [0.3, 0.4) is 0 Å². The number of unbranched alkanes of at least 4 members (excludes halogenated alkanes) is 5. The summed E-state index contributed by atoms with van der Waals surface area (Å²) in [6, 6.07) is 0. The largest absolute Gasteiger partial charge is 0.458 e. The molecule has 30 heavy (non-hydrogen) atoms. The Morgan fingerprint density at radius 1 is 0.767 bits per heavy atom. The number of hydrogen-bond donors (Lipinski definition) is 0. The average molecular weight is 427 g/mol. The summed E-state index contributed by atoms with van der Waals surface area (Å²) in [6.07, 6.45) is 8.30. The van der Waals surface area contributed by atoms with E-state index in [0.29, 0.717) is 33.0 Å². The smallest absolute Gasteiger partial charge is 0.374 e. The monoisotopic (exact) mass is 426 g/mol. The van der Waals surface area contributed by atoms with Crippen molar-refractivity contribution in [2.45, 2.75) is 52.0 Å². The van der Waals surface area contributed by atoms with Crippen LogP contribution in [-0.4, -0.2) is 74.3 Å². The van der Waals surface area contributed by atoms with Crippen LogP contribution in [0, 0.1) is 0 Å². The number of fused-ring (bicyclic) bond motifs is 2. The molecule has 0 saturated carbocycles. The Hall–Kier alpha value is -1.97. The SMILES string of the molecule is CCCCCCCCn1cc2nc1C(=O)OCCOCCOCCOCCOC2=O. The van der Waals surface area contributed by atoms with Crippen molar-refractivity contribution in [2.75, 3.05) is 52.9 Å². The highest BCUT2D eigenvalue weighted by atomic mass is 16.6. The molecule has 0 saturated heterocycles. The molecule has 0 unspecified atom stereocenters. The molecule has 9 nitrogen and oxygen atoms in total. The van der Waals surface area contributed by atoms with Crippen LogP contribution in [-0.2, 0) is 30.2 Å². The van der Waals surface area contributed by atoms with E-state index in [4.69, 9.17) is 23.7 Å². The fourth-order valence-corrected chi connectivity index (χ4v) is 2.98. The number of ether oxygens (including phenoxy) is 5. The molecule has 0 atom stereocenters. The average Bonchev–Trinajstić information content (AvgIpc) is 3.17. The van der Waals surface area contributed by atoms with Gasteiger partial charge < -0.3 is 28.3 Å². The third-order valence-electron chi connectivity index (χ3n) is 4.59. The van der Waals surface area contributed by atoms with Crippen molar-refractivity contribution in [3.05, 3.63) is 17.7 Å². The summed E-state index contributed by atoms with van der Waals surface area (Å²) in [5, 5.41) is 0. The molecule has 2 rings (SSSR count). The number of aromatic nitrogens is 2.